The van der Waals surface area contributed by atoms with Crippen LogP contribution in [0, 0.1) is 12.3 Å². The van der Waals surface area contributed by atoms with Gasteiger partial charge in [0.1, 0.15) is 0 Å². The van der Waals surface area contributed by atoms with E-state index in [1.165, 1.54) is 0 Å². The average Bonchev–Trinajstić information content (AvgIpc) is 3.14. The Morgan fingerprint density at radius 2 is 2.17 bits per heavy atom. The molecule has 0 atom stereocenters. The van der Waals surface area contributed by atoms with Crippen LogP contribution in [0.3, 0.4) is 0 Å². The van der Waals surface area contributed by atoms with E-state index in [1.54, 1.807) is 18.7 Å². The van der Waals surface area contributed by atoms with Gasteiger partial charge in [-0.1, -0.05) is 0 Å². The van der Waals surface area contributed by atoms with Crippen molar-refractivity contribution in [1.82, 2.24) is 14.9 Å². The van der Waals surface area contributed by atoms with Crippen molar-refractivity contribution >= 4 is 11.9 Å². The topological polar surface area (TPSA) is 71.3 Å². The van der Waals surface area contributed by atoms with Crippen LogP contribution in [0.4, 0.5) is 5.95 Å². The summed E-state index contributed by atoms with van der Waals surface area (Å²) in [5.74, 6) is 1.19. The third-order valence-corrected chi connectivity index (χ3v) is 5.04. The molecule has 3 heterocycles. The number of likely N-dealkylation sites (tertiary alicyclic amines) is 1. The molecule has 1 saturated heterocycles. The van der Waals surface area contributed by atoms with E-state index in [-0.39, 0.29) is 11.3 Å². The van der Waals surface area contributed by atoms with Gasteiger partial charge in [-0.3, -0.25) is 4.79 Å². The highest BCUT2D eigenvalue weighted by Gasteiger charge is 2.50. The van der Waals surface area contributed by atoms with Crippen molar-refractivity contribution in [3.63, 3.8) is 0 Å². The van der Waals surface area contributed by atoms with E-state index in [0.29, 0.717) is 17.8 Å². The fraction of sp³-hybridized carbons (Fsp3) is 0.471. The molecule has 1 aliphatic carbocycles. The molecular weight excluding hydrogens is 292 g/mol. The summed E-state index contributed by atoms with van der Waals surface area (Å²) in [6.07, 6.45) is 8.25. The minimum Gasteiger partial charge on any atom is -0.459 e. The molecule has 1 aliphatic heterocycles. The summed E-state index contributed by atoms with van der Waals surface area (Å²) in [6, 6.07) is 4.05. The molecule has 2 aliphatic rings. The Morgan fingerprint density at radius 3 is 2.87 bits per heavy atom. The van der Waals surface area contributed by atoms with Gasteiger partial charge in [-0.05, 0) is 43.7 Å². The molecule has 23 heavy (non-hydrogen) atoms. The summed E-state index contributed by atoms with van der Waals surface area (Å²) in [5.41, 5.74) is 1.16. The summed E-state index contributed by atoms with van der Waals surface area (Å²) < 4.78 is 5.34. The van der Waals surface area contributed by atoms with Gasteiger partial charge in [0.15, 0.2) is 5.76 Å². The van der Waals surface area contributed by atoms with E-state index in [2.05, 4.69) is 15.3 Å². The minimum absolute atomic E-state index is 0.0205. The van der Waals surface area contributed by atoms with Crippen LogP contribution in [0.1, 0.15) is 35.4 Å². The number of carbonyl (C=O) groups is 1. The van der Waals surface area contributed by atoms with Gasteiger partial charge in [0.05, 0.1) is 6.26 Å². The molecular formula is C17H20N4O2. The van der Waals surface area contributed by atoms with Crippen LogP contribution in [0.15, 0.2) is 35.2 Å². The Kier molecular flexibility index (Phi) is 3.32. The second-order valence-electron chi connectivity index (χ2n) is 6.73. The number of rotatable bonds is 3. The highest BCUT2D eigenvalue weighted by atomic mass is 16.3. The first kappa shape index (κ1) is 14.2. The normalized spacial score (nSPS) is 26.3. The van der Waals surface area contributed by atoms with Crippen LogP contribution < -0.4 is 5.32 Å². The molecule has 1 N–H and O–H groups in total. The lowest BCUT2D eigenvalue weighted by Crippen LogP contribution is -2.47. The number of aromatic nitrogens is 2. The predicted octanol–water partition coefficient (Wildman–Crippen LogP) is 2.48. The summed E-state index contributed by atoms with van der Waals surface area (Å²) in [4.78, 5) is 22.9. The van der Waals surface area contributed by atoms with Gasteiger partial charge < -0.3 is 14.6 Å². The zero-order valence-electron chi connectivity index (χ0n) is 13.2. The van der Waals surface area contributed by atoms with Gasteiger partial charge in [0.25, 0.3) is 5.91 Å². The van der Waals surface area contributed by atoms with Crippen molar-refractivity contribution in [2.24, 2.45) is 5.41 Å². The van der Waals surface area contributed by atoms with E-state index >= 15 is 0 Å². The SMILES string of the molecule is Cc1ccoc1C(=O)N1CCC2(CC(Nc3ncccn3)C2)C1. The van der Waals surface area contributed by atoms with E-state index in [4.69, 9.17) is 4.42 Å². The van der Waals surface area contributed by atoms with Crippen LogP contribution in [-0.4, -0.2) is 39.9 Å². The third kappa shape index (κ3) is 2.58. The fourth-order valence-electron chi connectivity index (χ4n) is 3.82. The maximum absolute atomic E-state index is 12.5. The van der Waals surface area contributed by atoms with Gasteiger partial charge in [-0.15, -0.1) is 0 Å². The lowest BCUT2D eigenvalue weighted by Gasteiger charge is -2.45. The molecule has 120 valence electrons. The van der Waals surface area contributed by atoms with Crippen molar-refractivity contribution < 1.29 is 9.21 Å². The Hall–Kier alpha value is -2.37. The second kappa shape index (κ2) is 5.37. The molecule has 6 heteroatoms. The van der Waals surface area contributed by atoms with Gasteiger partial charge in [-0.2, -0.15) is 0 Å². The number of amides is 1. The highest BCUT2D eigenvalue weighted by molar-refractivity contribution is 5.93. The van der Waals surface area contributed by atoms with Crippen LogP contribution >= 0.6 is 0 Å². The molecule has 6 nitrogen and oxygen atoms in total. The van der Waals surface area contributed by atoms with Crippen molar-refractivity contribution in [2.45, 2.75) is 32.2 Å². The maximum atomic E-state index is 12.5. The average molecular weight is 312 g/mol. The van der Waals surface area contributed by atoms with Crippen molar-refractivity contribution in [3.05, 3.63) is 42.1 Å². The highest BCUT2D eigenvalue weighted by Crippen LogP contribution is 2.49. The van der Waals surface area contributed by atoms with Crippen LogP contribution in [-0.2, 0) is 0 Å². The first-order chi connectivity index (χ1) is 11.2. The molecule has 1 spiro atoms. The van der Waals surface area contributed by atoms with E-state index in [0.717, 1.165) is 37.9 Å². The van der Waals surface area contributed by atoms with Gasteiger partial charge in [0, 0.05) is 37.1 Å². The number of carbonyl (C=O) groups excluding carboxylic acids is 1. The zero-order chi connectivity index (χ0) is 15.9. The van der Waals surface area contributed by atoms with Gasteiger partial charge in [0.2, 0.25) is 5.95 Å². The third-order valence-electron chi connectivity index (χ3n) is 5.04. The fourth-order valence-corrected chi connectivity index (χ4v) is 3.82. The van der Waals surface area contributed by atoms with Gasteiger partial charge in [-0.25, -0.2) is 9.97 Å². The molecule has 4 rings (SSSR count). The zero-order valence-corrected chi connectivity index (χ0v) is 13.2. The Balaban J connectivity index is 1.35. The number of aryl methyl sites for hydroxylation is 1. The smallest absolute Gasteiger partial charge is 0.289 e. The molecule has 0 radical (unpaired) electrons. The monoisotopic (exact) mass is 312 g/mol. The first-order valence-corrected chi connectivity index (χ1v) is 8.02. The molecule has 1 amide bonds. The number of hydrogen-bond acceptors (Lipinski definition) is 5. The predicted molar refractivity (Wildman–Crippen MR) is 85.1 cm³/mol. The van der Waals surface area contributed by atoms with Gasteiger partial charge >= 0.3 is 0 Å². The van der Waals surface area contributed by atoms with E-state index in [1.807, 2.05) is 24.0 Å². The number of anilines is 1. The Morgan fingerprint density at radius 1 is 1.39 bits per heavy atom. The molecule has 0 bridgehead atoms. The number of hydrogen-bond donors (Lipinski definition) is 1. The minimum atomic E-state index is 0.0205. The first-order valence-electron chi connectivity index (χ1n) is 8.02. The standard InChI is InChI=1S/C17H20N4O2/c1-12-3-8-23-14(12)15(22)21-7-4-17(11-21)9-13(10-17)20-16-18-5-2-6-19-16/h2-3,5-6,8,13H,4,7,9-11H2,1H3,(H,18,19,20). The van der Waals surface area contributed by atoms with Crippen molar-refractivity contribution in [1.29, 1.82) is 0 Å². The van der Waals surface area contributed by atoms with E-state index < -0.39 is 0 Å². The van der Waals surface area contributed by atoms with Crippen molar-refractivity contribution in [3.8, 4) is 0 Å². The van der Waals surface area contributed by atoms with Crippen LogP contribution in [0.2, 0.25) is 0 Å². The van der Waals surface area contributed by atoms with Crippen LogP contribution in [0.5, 0.6) is 0 Å². The summed E-state index contributed by atoms with van der Waals surface area (Å²) in [5, 5.41) is 3.37. The quantitative estimate of drug-likeness (QED) is 0.943. The molecule has 0 unspecified atom stereocenters. The summed E-state index contributed by atoms with van der Waals surface area (Å²) >= 11 is 0. The second-order valence-corrected chi connectivity index (χ2v) is 6.73. The summed E-state index contributed by atoms with van der Waals surface area (Å²) in [6.45, 7) is 3.54. The Bertz CT molecular complexity index is 706. The number of furan rings is 1. The number of nitrogens with zero attached hydrogens (tertiary/aromatic N) is 3. The molecule has 2 aromatic heterocycles. The lowest BCUT2D eigenvalue weighted by atomic mass is 9.65. The lowest BCUT2D eigenvalue weighted by molar-refractivity contribution is 0.0685. The largest absolute Gasteiger partial charge is 0.459 e. The molecule has 0 aromatic carbocycles. The van der Waals surface area contributed by atoms with Crippen LogP contribution in [0.25, 0.3) is 0 Å². The number of nitrogens with one attached hydrogen (secondary N) is 1. The molecule has 1 saturated carbocycles. The maximum Gasteiger partial charge on any atom is 0.289 e. The van der Waals surface area contributed by atoms with E-state index in [9.17, 15) is 4.79 Å². The Labute approximate surface area is 134 Å². The summed E-state index contributed by atoms with van der Waals surface area (Å²) in [7, 11) is 0. The molecule has 2 aromatic rings. The van der Waals surface area contributed by atoms with Crippen molar-refractivity contribution in [2.75, 3.05) is 18.4 Å². The molecule has 2 fully saturated rings.